The van der Waals surface area contributed by atoms with Crippen molar-refractivity contribution in [1.82, 2.24) is 9.55 Å². The summed E-state index contributed by atoms with van der Waals surface area (Å²) in [7, 11) is 0. The van der Waals surface area contributed by atoms with Gasteiger partial charge in [-0.05, 0) is 40.0 Å². The normalized spacial score (nSPS) is 20.0. The lowest BCUT2D eigenvalue weighted by atomic mass is 10.1. The summed E-state index contributed by atoms with van der Waals surface area (Å²) >= 11 is 3.49. The predicted octanol–water partition coefficient (Wildman–Crippen LogP) is 2.75. The standard InChI is InChI=1S/C14H22BrN3O/c1-14(2,3)18-10-8-16-12(13(18)19)17-9-4-5-11(17)6-7-15/h8,10-11H,4-7,9H2,1-3H3. The molecular formula is C14H22BrN3O. The minimum atomic E-state index is -0.209. The number of hydrogen-bond donors (Lipinski definition) is 0. The van der Waals surface area contributed by atoms with E-state index in [1.54, 1.807) is 17.0 Å². The van der Waals surface area contributed by atoms with Crippen molar-refractivity contribution in [3.8, 4) is 0 Å². The Labute approximate surface area is 123 Å². The number of nitrogens with zero attached hydrogens (tertiary/aromatic N) is 3. The molecule has 0 spiro atoms. The van der Waals surface area contributed by atoms with Gasteiger partial charge in [0, 0.05) is 35.8 Å². The summed E-state index contributed by atoms with van der Waals surface area (Å²) in [6.45, 7) is 7.06. The maximum absolute atomic E-state index is 12.6. The monoisotopic (exact) mass is 327 g/mol. The van der Waals surface area contributed by atoms with Gasteiger partial charge in [-0.3, -0.25) is 4.79 Å². The fraction of sp³-hybridized carbons (Fsp3) is 0.714. The highest BCUT2D eigenvalue weighted by Crippen LogP contribution is 2.24. The summed E-state index contributed by atoms with van der Waals surface area (Å²) in [6, 6.07) is 0.440. The van der Waals surface area contributed by atoms with Crippen LogP contribution in [0.1, 0.15) is 40.0 Å². The summed E-state index contributed by atoms with van der Waals surface area (Å²) < 4.78 is 1.78. The lowest BCUT2D eigenvalue weighted by Crippen LogP contribution is -2.40. The molecule has 0 N–H and O–H groups in total. The number of halogens is 1. The van der Waals surface area contributed by atoms with Crippen molar-refractivity contribution >= 4 is 21.7 Å². The summed E-state index contributed by atoms with van der Waals surface area (Å²) in [4.78, 5) is 19.1. The van der Waals surface area contributed by atoms with Crippen LogP contribution in [0.25, 0.3) is 0 Å². The molecule has 1 unspecified atom stereocenters. The van der Waals surface area contributed by atoms with Crippen molar-refractivity contribution in [2.45, 2.75) is 51.6 Å². The molecule has 106 valence electrons. The van der Waals surface area contributed by atoms with Gasteiger partial charge in [-0.2, -0.15) is 0 Å². The van der Waals surface area contributed by atoms with Gasteiger partial charge < -0.3 is 9.47 Å². The van der Waals surface area contributed by atoms with Crippen LogP contribution >= 0.6 is 15.9 Å². The van der Waals surface area contributed by atoms with E-state index in [1.807, 2.05) is 20.8 Å². The van der Waals surface area contributed by atoms with Crippen molar-refractivity contribution in [1.29, 1.82) is 0 Å². The van der Waals surface area contributed by atoms with E-state index in [1.165, 1.54) is 0 Å². The Morgan fingerprint density at radius 2 is 2.21 bits per heavy atom. The lowest BCUT2D eigenvalue weighted by Gasteiger charge is -2.27. The van der Waals surface area contributed by atoms with Gasteiger partial charge in [0.1, 0.15) is 0 Å². The Kier molecular flexibility index (Phi) is 4.33. The molecule has 0 aromatic carbocycles. The number of aromatic nitrogens is 2. The lowest BCUT2D eigenvalue weighted by molar-refractivity contribution is 0.382. The first-order chi connectivity index (χ1) is 8.95. The maximum atomic E-state index is 12.6. The second-order valence-electron chi connectivity index (χ2n) is 6.06. The molecule has 1 aromatic heterocycles. The highest BCUT2D eigenvalue weighted by Gasteiger charge is 2.28. The number of rotatable bonds is 3. The maximum Gasteiger partial charge on any atom is 0.293 e. The van der Waals surface area contributed by atoms with Crippen LogP contribution in [0.2, 0.25) is 0 Å². The fourth-order valence-corrected chi connectivity index (χ4v) is 3.20. The van der Waals surface area contributed by atoms with Crippen LogP contribution in [0, 0.1) is 0 Å². The zero-order valence-corrected chi connectivity index (χ0v) is 13.5. The van der Waals surface area contributed by atoms with E-state index in [-0.39, 0.29) is 11.1 Å². The second kappa shape index (κ2) is 5.65. The van der Waals surface area contributed by atoms with Crippen LogP contribution in [-0.2, 0) is 5.54 Å². The molecule has 5 heteroatoms. The summed E-state index contributed by atoms with van der Waals surface area (Å²) in [5, 5.41) is 0.967. The molecule has 1 saturated heterocycles. The van der Waals surface area contributed by atoms with Gasteiger partial charge in [0.25, 0.3) is 5.56 Å². The van der Waals surface area contributed by atoms with Crippen LogP contribution in [0.15, 0.2) is 17.2 Å². The third-order valence-corrected chi connectivity index (χ3v) is 4.09. The number of anilines is 1. The van der Waals surface area contributed by atoms with Crippen LogP contribution in [-0.4, -0.2) is 27.5 Å². The van der Waals surface area contributed by atoms with E-state index >= 15 is 0 Å². The van der Waals surface area contributed by atoms with E-state index < -0.39 is 0 Å². The van der Waals surface area contributed by atoms with E-state index in [9.17, 15) is 4.79 Å². The fourth-order valence-electron chi connectivity index (χ4n) is 2.67. The predicted molar refractivity (Wildman–Crippen MR) is 82.3 cm³/mol. The van der Waals surface area contributed by atoms with Gasteiger partial charge >= 0.3 is 0 Å². The third kappa shape index (κ3) is 3.02. The van der Waals surface area contributed by atoms with Crippen LogP contribution in [0.4, 0.5) is 5.82 Å². The van der Waals surface area contributed by atoms with Crippen molar-refractivity contribution in [3.63, 3.8) is 0 Å². The topological polar surface area (TPSA) is 38.1 Å². The summed E-state index contributed by atoms with van der Waals surface area (Å²) in [6.07, 6.45) is 6.87. The molecule has 1 fully saturated rings. The van der Waals surface area contributed by atoms with Crippen molar-refractivity contribution in [2.24, 2.45) is 0 Å². The first kappa shape index (κ1) is 14.6. The number of alkyl halides is 1. The van der Waals surface area contributed by atoms with Crippen LogP contribution in [0.3, 0.4) is 0 Å². The smallest absolute Gasteiger partial charge is 0.293 e. The minimum Gasteiger partial charge on any atom is -0.349 e. The molecule has 1 aromatic rings. The van der Waals surface area contributed by atoms with Crippen LogP contribution < -0.4 is 10.5 Å². The van der Waals surface area contributed by atoms with Gasteiger partial charge in [0.2, 0.25) is 0 Å². The van der Waals surface area contributed by atoms with Gasteiger partial charge in [-0.1, -0.05) is 15.9 Å². The van der Waals surface area contributed by atoms with Gasteiger partial charge in [-0.15, -0.1) is 0 Å². The Morgan fingerprint density at radius 1 is 1.47 bits per heavy atom. The Balaban J connectivity index is 2.38. The quantitative estimate of drug-likeness (QED) is 0.801. The molecule has 0 bridgehead atoms. The van der Waals surface area contributed by atoms with Crippen molar-refractivity contribution in [3.05, 3.63) is 22.7 Å². The van der Waals surface area contributed by atoms with E-state index in [0.29, 0.717) is 11.9 Å². The SMILES string of the molecule is CC(C)(C)n1ccnc(N2CCCC2CCBr)c1=O. The molecule has 2 rings (SSSR count). The minimum absolute atomic E-state index is 0.0245. The van der Waals surface area contributed by atoms with E-state index in [2.05, 4.69) is 25.8 Å². The molecular weight excluding hydrogens is 306 g/mol. The zero-order chi connectivity index (χ0) is 14.0. The molecule has 4 nitrogen and oxygen atoms in total. The van der Waals surface area contributed by atoms with Gasteiger partial charge in [0.05, 0.1) is 0 Å². The summed E-state index contributed by atoms with van der Waals surface area (Å²) in [5.41, 5.74) is -0.184. The highest BCUT2D eigenvalue weighted by molar-refractivity contribution is 9.09. The average molecular weight is 328 g/mol. The van der Waals surface area contributed by atoms with Crippen molar-refractivity contribution < 1.29 is 0 Å². The second-order valence-corrected chi connectivity index (χ2v) is 6.86. The molecule has 1 aliphatic heterocycles. The number of hydrogen-bond acceptors (Lipinski definition) is 3. The Morgan fingerprint density at radius 3 is 2.84 bits per heavy atom. The third-order valence-electron chi connectivity index (χ3n) is 3.64. The zero-order valence-electron chi connectivity index (χ0n) is 11.9. The largest absolute Gasteiger partial charge is 0.349 e. The molecule has 1 aliphatic rings. The summed E-state index contributed by atoms with van der Waals surface area (Å²) in [5.74, 6) is 0.612. The first-order valence-electron chi connectivity index (χ1n) is 6.86. The van der Waals surface area contributed by atoms with Crippen molar-refractivity contribution in [2.75, 3.05) is 16.8 Å². The molecule has 0 saturated carbocycles. The molecule has 1 atom stereocenters. The molecule has 0 amide bonds. The highest BCUT2D eigenvalue weighted by atomic mass is 79.9. The molecule has 0 aliphatic carbocycles. The Hall–Kier alpha value is -0.840. The average Bonchev–Trinajstić information content (AvgIpc) is 2.76. The molecule has 19 heavy (non-hydrogen) atoms. The molecule has 0 radical (unpaired) electrons. The van der Waals surface area contributed by atoms with E-state index in [0.717, 1.165) is 31.1 Å². The molecule has 2 heterocycles. The van der Waals surface area contributed by atoms with Gasteiger partial charge in [-0.25, -0.2) is 4.98 Å². The van der Waals surface area contributed by atoms with Gasteiger partial charge in [0.15, 0.2) is 5.82 Å². The Bertz CT molecular complexity index is 492. The first-order valence-corrected chi connectivity index (χ1v) is 7.98. The van der Waals surface area contributed by atoms with E-state index in [4.69, 9.17) is 0 Å². The van der Waals surface area contributed by atoms with Crippen LogP contribution in [0.5, 0.6) is 0 Å².